The maximum absolute atomic E-state index is 12.1. The number of esters is 1. The van der Waals surface area contributed by atoms with Crippen molar-refractivity contribution < 1.29 is 9.53 Å². The Labute approximate surface area is 126 Å². The molecule has 1 saturated carbocycles. The second kappa shape index (κ2) is 4.53. The maximum atomic E-state index is 12.1. The first-order valence-corrected chi connectivity index (χ1v) is 7.35. The molecule has 0 radical (unpaired) electrons. The van der Waals surface area contributed by atoms with Crippen molar-refractivity contribution in [1.82, 2.24) is 20.0 Å². The highest BCUT2D eigenvalue weighted by Gasteiger charge is 2.50. The molecular formula is C14H13ClN4O2. The van der Waals surface area contributed by atoms with Crippen molar-refractivity contribution in [2.75, 3.05) is 6.61 Å². The first kappa shape index (κ1) is 12.8. The molecule has 2 aromatic heterocycles. The molecule has 4 rings (SSSR count). The number of ether oxygens (including phenoxy) is 1. The van der Waals surface area contributed by atoms with Crippen molar-refractivity contribution in [2.45, 2.75) is 25.7 Å². The van der Waals surface area contributed by atoms with Gasteiger partial charge in [-0.25, -0.2) is 9.48 Å². The van der Waals surface area contributed by atoms with Crippen molar-refractivity contribution >= 4 is 17.6 Å². The summed E-state index contributed by atoms with van der Waals surface area (Å²) in [6.45, 7) is 2.13. The number of halogens is 1. The van der Waals surface area contributed by atoms with E-state index in [2.05, 4.69) is 15.3 Å². The zero-order valence-corrected chi connectivity index (χ0v) is 12.2. The smallest absolute Gasteiger partial charge is 0.359 e. The quantitative estimate of drug-likeness (QED) is 0.813. The summed E-state index contributed by atoms with van der Waals surface area (Å²) in [6.07, 6.45) is 2.05. The molecule has 0 aliphatic heterocycles. The molecule has 7 heteroatoms. The van der Waals surface area contributed by atoms with Crippen LogP contribution in [0, 0.1) is 5.92 Å². The molecule has 1 fully saturated rings. The average molecular weight is 305 g/mol. The lowest BCUT2D eigenvalue weighted by molar-refractivity contribution is 0.0517. The topological polar surface area (TPSA) is 69.9 Å². The Hall–Kier alpha value is -1.95. The monoisotopic (exact) mass is 304 g/mol. The van der Waals surface area contributed by atoms with E-state index in [1.165, 1.54) is 0 Å². The van der Waals surface area contributed by atoms with Crippen LogP contribution in [0.15, 0.2) is 12.1 Å². The number of hydrogen-bond acceptors (Lipinski definition) is 5. The van der Waals surface area contributed by atoms with Gasteiger partial charge in [0, 0.05) is 11.5 Å². The van der Waals surface area contributed by atoms with E-state index >= 15 is 0 Å². The number of aromatic nitrogens is 4. The minimum Gasteiger partial charge on any atom is -0.461 e. The summed E-state index contributed by atoms with van der Waals surface area (Å²) >= 11 is 5.77. The van der Waals surface area contributed by atoms with E-state index in [4.69, 9.17) is 16.3 Å². The molecule has 2 aliphatic carbocycles. The highest BCUT2D eigenvalue weighted by molar-refractivity contribution is 6.29. The molecule has 21 heavy (non-hydrogen) atoms. The largest absolute Gasteiger partial charge is 0.461 e. The summed E-state index contributed by atoms with van der Waals surface area (Å²) in [7, 11) is 0. The van der Waals surface area contributed by atoms with Gasteiger partial charge in [0.25, 0.3) is 0 Å². The van der Waals surface area contributed by atoms with Crippen molar-refractivity contribution in [3.8, 4) is 5.82 Å². The number of hydrogen-bond donors (Lipinski definition) is 0. The lowest BCUT2D eigenvalue weighted by Crippen LogP contribution is -2.09. The van der Waals surface area contributed by atoms with Crippen molar-refractivity contribution in [2.24, 2.45) is 5.92 Å². The van der Waals surface area contributed by atoms with E-state index in [-0.39, 0.29) is 5.97 Å². The van der Waals surface area contributed by atoms with Crippen molar-refractivity contribution in [1.29, 1.82) is 0 Å². The van der Waals surface area contributed by atoms with Gasteiger partial charge < -0.3 is 4.74 Å². The van der Waals surface area contributed by atoms with Crippen LogP contribution in [0.25, 0.3) is 5.82 Å². The summed E-state index contributed by atoms with van der Waals surface area (Å²) in [5.41, 5.74) is 2.50. The Kier molecular flexibility index (Phi) is 2.75. The molecule has 2 heterocycles. The van der Waals surface area contributed by atoms with E-state index in [0.29, 0.717) is 35.1 Å². The highest BCUT2D eigenvalue weighted by Crippen LogP contribution is 2.57. The third-order valence-electron chi connectivity index (χ3n) is 4.07. The minimum absolute atomic E-state index is 0.331. The van der Waals surface area contributed by atoms with Gasteiger partial charge in [-0.05, 0) is 37.8 Å². The second-order valence-electron chi connectivity index (χ2n) is 5.37. The molecule has 0 spiro atoms. The van der Waals surface area contributed by atoms with E-state index in [0.717, 1.165) is 24.1 Å². The van der Waals surface area contributed by atoms with Crippen LogP contribution >= 0.6 is 11.6 Å². The molecule has 2 aliphatic rings. The van der Waals surface area contributed by atoms with Crippen molar-refractivity contribution in [3.63, 3.8) is 0 Å². The number of carbonyl (C=O) groups is 1. The molecule has 108 valence electrons. The molecule has 6 nitrogen and oxygen atoms in total. The van der Waals surface area contributed by atoms with E-state index in [1.807, 2.05) is 0 Å². The predicted molar refractivity (Wildman–Crippen MR) is 74.7 cm³/mol. The van der Waals surface area contributed by atoms with Gasteiger partial charge in [-0.15, -0.1) is 10.2 Å². The van der Waals surface area contributed by atoms with E-state index < -0.39 is 0 Å². The highest BCUT2D eigenvalue weighted by atomic mass is 35.5. The first-order valence-electron chi connectivity index (χ1n) is 6.97. The van der Waals surface area contributed by atoms with Crippen LogP contribution in [-0.4, -0.2) is 32.6 Å². The Balaban J connectivity index is 1.82. The molecule has 2 aromatic rings. The van der Waals surface area contributed by atoms with Crippen LogP contribution < -0.4 is 0 Å². The fourth-order valence-electron chi connectivity index (χ4n) is 3.08. The Morgan fingerprint density at radius 2 is 2.33 bits per heavy atom. The SMILES string of the molecule is CCOC(=O)c1nn(-c2ccc(Cl)nn2)c2c1C[C@H]1C[C@@H]21. The van der Waals surface area contributed by atoms with Gasteiger partial charge in [0.1, 0.15) is 0 Å². The summed E-state index contributed by atoms with van der Waals surface area (Å²) in [6, 6.07) is 3.43. The molecule has 0 saturated heterocycles. The fourth-order valence-corrected chi connectivity index (χ4v) is 3.18. The summed E-state index contributed by atoms with van der Waals surface area (Å²) in [5, 5.41) is 12.7. The number of nitrogens with zero attached hydrogens (tertiary/aromatic N) is 4. The molecule has 0 N–H and O–H groups in total. The van der Waals surface area contributed by atoms with Gasteiger partial charge in [-0.2, -0.15) is 5.10 Å². The second-order valence-corrected chi connectivity index (χ2v) is 5.75. The standard InChI is InChI=1S/C14H13ClN4O2/c1-2-21-14(20)12-9-6-7-5-8(7)13(9)19(18-12)11-4-3-10(15)16-17-11/h3-4,7-8H,2,5-6H2,1H3/t7-,8-/m1/s1. The Morgan fingerprint density at radius 1 is 1.48 bits per heavy atom. The average Bonchev–Trinajstić information content (AvgIpc) is 2.98. The zero-order chi connectivity index (χ0) is 14.6. The molecule has 0 unspecified atom stereocenters. The Morgan fingerprint density at radius 3 is 3.05 bits per heavy atom. The van der Waals surface area contributed by atoms with Gasteiger partial charge in [0.2, 0.25) is 0 Å². The normalized spacial score (nSPS) is 21.8. The van der Waals surface area contributed by atoms with Gasteiger partial charge in [0.15, 0.2) is 16.7 Å². The van der Waals surface area contributed by atoms with Gasteiger partial charge in [-0.1, -0.05) is 11.6 Å². The maximum Gasteiger partial charge on any atom is 0.359 e. The lowest BCUT2D eigenvalue weighted by Gasteiger charge is -2.03. The summed E-state index contributed by atoms with van der Waals surface area (Å²) < 4.78 is 6.82. The predicted octanol–water partition coefficient (Wildman–Crippen LogP) is 2.15. The van der Waals surface area contributed by atoms with Crippen LogP contribution in [-0.2, 0) is 11.2 Å². The van der Waals surface area contributed by atoms with Gasteiger partial charge in [0.05, 0.1) is 12.3 Å². The molecule has 0 aromatic carbocycles. The van der Waals surface area contributed by atoms with Crippen LogP contribution in [0.5, 0.6) is 0 Å². The zero-order valence-electron chi connectivity index (χ0n) is 11.4. The molecule has 2 atom stereocenters. The molecular weight excluding hydrogens is 292 g/mol. The first-order chi connectivity index (χ1) is 10.2. The van der Waals surface area contributed by atoms with Gasteiger partial charge >= 0.3 is 5.97 Å². The van der Waals surface area contributed by atoms with Crippen LogP contribution in [0.2, 0.25) is 5.15 Å². The minimum atomic E-state index is -0.365. The third kappa shape index (κ3) is 1.93. The van der Waals surface area contributed by atoms with Crippen LogP contribution in [0.3, 0.4) is 0 Å². The molecule has 0 amide bonds. The number of rotatable bonds is 3. The summed E-state index contributed by atoms with van der Waals surface area (Å²) in [4.78, 5) is 12.1. The number of carbonyl (C=O) groups excluding carboxylic acids is 1. The van der Waals surface area contributed by atoms with E-state index in [1.54, 1.807) is 23.7 Å². The number of fused-ring (bicyclic) bond motifs is 3. The van der Waals surface area contributed by atoms with E-state index in [9.17, 15) is 4.79 Å². The Bertz CT molecular complexity index is 725. The van der Waals surface area contributed by atoms with Crippen LogP contribution in [0.4, 0.5) is 0 Å². The fraction of sp³-hybridized carbons (Fsp3) is 0.429. The summed E-state index contributed by atoms with van der Waals surface area (Å²) in [5.74, 6) is 1.33. The molecule has 0 bridgehead atoms. The van der Waals surface area contributed by atoms with Gasteiger partial charge in [-0.3, -0.25) is 0 Å². The lowest BCUT2D eigenvalue weighted by atomic mass is 10.1. The van der Waals surface area contributed by atoms with Crippen LogP contribution in [0.1, 0.15) is 41.0 Å². The van der Waals surface area contributed by atoms with Crippen molar-refractivity contribution in [3.05, 3.63) is 34.2 Å². The third-order valence-corrected chi connectivity index (χ3v) is 4.27.